The second-order valence-corrected chi connectivity index (χ2v) is 8.20. The monoisotopic (exact) mass is 467 g/mol. The van der Waals surface area contributed by atoms with E-state index >= 15 is 0 Å². The van der Waals surface area contributed by atoms with Crippen LogP contribution in [0.3, 0.4) is 0 Å². The first-order valence-corrected chi connectivity index (χ1v) is 10.8. The summed E-state index contributed by atoms with van der Waals surface area (Å²) >= 11 is 1.28. The first-order chi connectivity index (χ1) is 15.0. The van der Waals surface area contributed by atoms with E-state index in [9.17, 15) is 14.4 Å². The smallest absolute Gasteiger partial charge is 0.303 e. The van der Waals surface area contributed by atoms with Crippen molar-refractivity contribution in [3.05, 3.63) is 6.20 Å². The van der Waals surface area contributed by atoms with Crippen LogP contribution in [0.4, 0.5) is 11.5 Å². The van der Waals surface area contributed by atoms with Gasteiger partial charge in [0, 0.05) is 27.0 Å². The molecular weight excluding hydrogens is 442 g/mol. The molecule has 3 rings (SSSR count). The third-order valence-electron chi connectivity index (χ3n) is 4.95. The highest BCUT2D eigenvalue weighted by Gasteiger charge is 2.60. The number of hydrogen-bond donors (Lipinski definition) is 2. The van der Waals surface area contributed by atoms with E-state index in [0.717, 1.165) is 0 Å². The topological polar surface area (TPSA) is 171 Å². The van der Waals surface area contributed by atoms with Crippen LogP contribution < -0.4 is 11.5 Å². The second kappa shape index (κ2) is 8.82. The number of ether oxygens (including phenoxy) is 4. The molecule has 2 unspecified atom stereocenters. The number of carbonyl (C=O) groups is 3. The van der Waals surface area contributed by atoms with Gasteiger partial charge in [-0.3, -0.25) is 19.0 Å². The summed E-state index contributed by atoms with van der Waals surface area (Å²) in [7, 11) is 0. The Labute approximate surface area is 187 Å². The zero-order chi connectivity index (χ0) is 23.8. The van der Waals surface area contributed by atoms with Crippen molar-refractivity contribution in [1.82, 2.24) is 14.5 Å². The van der Waals surface area contributed by atoms with Crippen LogP contribution in [0.1, 0.15) is 33.9 Å². The van der Waals surface area contributed by atoms with Crippen molar-refractivity contribution in [3.63, 3.8) is 0 Å². The predicted octanol–water partition coefficient (Wildman–Crippen LogP) is 1.03. The number of esters is 3. The number of nitrogen functional groups attached to an aromatic ring is 2. The Balaban J connectivity index is 2.18. The Morgan fingerprint density at radius 2 is 1.88 bits per heavy atom. The van der Waals surface area contributed by atoms with E-state index in [-0.39, 0.29) is 18.1 Å². The van der Waals surface area contributed by atoms with Crippen LogP contribution in [0.2, 0.25) is 0 Å². The Bertz CT molecular complexity index is 1070. The van der Waals surface area contributed by atoms with E-state index in [1.54, 1.807) is 17.7 Å². The van der Waals surface area contributed by atoms with Gasteiger partial charge in [0.2, 0.25) is 0 Å². The second-order valence-electron chi connectivity index (χ2n) is 7.42. The maximum Gasteiger partial charge on any atom is 0.303 e. The highest BCUT2D eigenvalue weighted by molar-refractivity contribution is 7.98. The van der Waals surface area contributed by atoms with Crippen LogP contribution in [0.15, 0.2) is 11.4 Å². The van der Waals surface area contributed by atoms with Gasteiger partial charge in [-0.25, -0.2) is 9.97 Å². The molecule has 12 nitrogen and oxygen atoms in total. The molecule has 0 spiro atoms. The Hall–Kier alpha value is -3.06. The van der Waals surface area contributed by atoms with Gasteiger partial charge >= 0.3 is 17.9 Å². The van der Waals surface area contributed by atoms with Gasteiger partial charge in [-0.15, -0.1) is 0 Å². The summed E-state index contributed by atoms with van der Waals surface area (Å²) in [4.78, 5) is 44.0. The van der Waals surface area contributed by atoms with Gasteiger partial charge in [0.05, 0.1) is 11.1 Å². The minimum Gasteiger partial charge on any atom is -0.463 e. The van der Waals surface area contributed by atoms with E-state index in [0.29, 0.717) is 16.2 Å². The van der Waals surface area contributed by atoms with Crippen molar-refractivity contribution >= 4 is 52.2 Å². The highest BCUT2D eigenvalue weighted by Crippen LogP contribution is 2.45. The molecular formula is C19H25N5O7S. The van der Waals surface area contributed by atoms with Gasteiger partial charge in [-0.2, -0.15) is 0 Å². The van der Waals surface area contributed by atoms with Gasteiger partial charge in [0.1, 0.15) is 18.5 Å². The molecule has 1 aliphatic rings. The zero-order valence-corrected chi connectivity index (χ0v) is 19.1. The molecule has 1 aliphatic heterocycles. The SMILES string of the molecule is CSc1nc(N)c2c(N)cn(C3O[C@H](COC(C)=O)[C@@H](OC(C)=O)C3(C)OC(C)=O)c2n1. The third kappa shape index (κ3) is 4.30. The average molecular weight is 468 g/mol. The van der Waals surface area contributed by atoms with Gasteiger partial charge in [0.15, 0.2) is 28.7 Å². The van der Waals surface area contributed by atoms with E-state index in [4.69, 9.17) is 30.4 Å². The van der Waals surface area contributed by atoms with Gasteiger partial charge in [-0.1, -0.05) is 11.8 Å². The largest absolute Gasteiger partial charge is 0.463 e. The molecule has 2 aromatic rings. The highest BCUT2D eigenvalue weighted by atomic mass is 32.2. The summed E-state index contributed by atoms with van der Waals surface area (Å²) in [6.45, 7) is 5.00. The molecule has 0 radical (unpaired) electrons. The lowest BCUT2D eigenvalue weighted by Crippen LogP contribution is -2.50. The molecule has 32 heavy (non-hydrogen) atoms. The van der Waals surface area contributed by atoms with E-state index in [1.165, 1.54) is 38.7 Å². The normalized spacial score (nSPS) is 25.0. The minimum absolute atomic E-state index is 0.177. The molecule has 3 heterocycles. The molecule has 2 aromatic heterocycles. The molecule has 0 saturated carbocycles. The number of anilines is 2. The summed E-state index contributed by atoms with van der Waals surface area (Å²) in [5.41, 5.74) is 11.4. The van der Waals surface area contributed by atoms with Crippen LogP contribution in [0.25, 0.3) is 11.0 Å². The number of fused-ring (bicyclic) bond motifs is 1. The maximum atomic E-state index is 12.0. The summed E-state index contributed by atoms with van der Waals surface area (Å²) in [6.07, 6.45) is 0.255. The first kappa shape index (κ1) is 23.6. The summed E-state index contributed by atoms with van der Waals surface area (Å²) in [6, 6.07) is 0. The fraction of sp³-hybridized carbons (Fsp3) is 0.526. The number of hydrogen-bond acceptors (Lipinski definition) is 12. The predicted molar refractivity (Wildman–Crippen MR) is 114 cm³/mol. The van der Waals surface area contributed by atoms with Crippen LogP contribution in [0.5, 0.6) is 0 Å². The lowest BCUT2D eigenvalue weighted by molar-refractivity contribution is -0.184. The van der Waals surface area contributed by atoms with Crippen molar-refractivity contribution in [2.45, 2.75) is 56.9 Å². The van der Waals surface area contributed by atoms with Gasteiger partial charge in [0.25, 0.3) is 0 Å². The molecule has 4 atom stereocenters. The molecule has 0 bridgehead atoms. The maximum absolute atomic E-state index is 12.0. The molecule has 0 amide bonds. The quantitative estimate of drug-likeness (QED) is 0.268. The first-order valence-electron chi connectivity index (χ1n) is 9.61. The van der Waals surface area contributed by atoms with Crippen molar-refractivity contribution in [3.8, 4) is 0 Å². The lowest BCUT2D eigenvalue weighted by Gasteiger charge is -2.34. The van der Waals surface area contributed by atoms with E-state index in [2.05, 4.69) is 9.97 Å². The summed E-state index contributed by atoms with van der Waals surface area (Å²) in [5, 5.41) is 0.804. The molecule has 1 saturated heterocycles. The number of thioether (sulfide) groups is 1. The van der Waals surface area contributed by atoms with Crippen LogP contribution >= 0.6 is 11.8 Å². The lowest BCUT2D eigenvalue weighted by atomic mass is 9.95. The van der Waals surface area contributed by atoms with Gasteiger partial charge in [-0.05, 0) is 13.2 Å². The van der Waals surface area contributed by atoms with Crippen molar-refractivity contribution in [1.29, 1.82) is 0 Å². The molecule has 1 fully saturated rings. The minimum atomic E-state index is -1.51. The molecule has 0 aliphatic carbocycles. The molecule has 4 N–H and O–H groups in total. The van der Waals surface area contributed by atoms with Crippen molar-refractivity contribution in [2.24, 2.45) is 0 Å². The van der Waals surface area contributed by atoms with E-state index < -0.39 is 41.9 Å². The number of aromatic nitrogens is 3. The fourth-order valence-corrected chi connectivity index (χ4v) is 4.16. The number of nitrogens with zero attached hydrogens (tertiary/aromatic N) is 3. The average Bonchev–Trinajstić information content (AvgIpc) is 3.14. The number of rotatable bonds is 6. The van der Waals surface area contributed by atoms with Crippen molar-refractivity contribution < 1.29 is 33.3 Å². The van der Waals surface area contributed by atoms with Crippen LogP contribution in [-0.4, -0.2) is 63.1 Å². The van der Waals surface area contributed by atoms with Gasteiger partial charge < -0.3 is 30.4 Å². The van der Waals surface area contributed by atoms with Crippen LogP contribution in [-0.2, 0) is 33.3 Å². The molecule has 13 heteroatoms. The Kier molecular flexibility index (Phi) is 6.51. The summed E-state index contributed by atoms with van der Waals surface area (Å²) < 4.78 is 23.9. The number of carbonyl (C=O) groups excluding carboxylic acids is 3. The zero-order valence-electron chi connectivity index (χ0n) is 18.3. The Morgan fingerprint density at radius 1 is 1.19 bits per heavy atom. The summed E-state index contributed by atoms with van der Waals surface area (Å²) in [5.74, 6) is -1.63. The Morgan fingerprint density at radius 3 is 2.44 bits per heavy atom. The molecule has 174 valence electrons. The van der Waals surface area contributed by atoms with Crippen molar-refractivity contribution in [2.75, 3.05) is 24.3 Å². The standard InChI is InChI=1S/C19H25N5O7S/c1-8(25)28-7-12-14(29-9(2)26)19(4,31-10(3)27)17(30-12)24-6-11(20)13-15(21)22-18(32-5)23-16(13)24/h6,12,14,17H,7,20H2,1-5H3,(H2,21,22,23)/t12-,14-,17?,19?/m1/s1. The third-order valence-corrected chi connectivity index (χ3v) is 5.50. The van der Waals surface area contributed by atoms with Crippen LogP contribution in [0, 0.1) is 0 Å². The number of nitrogens with two attached hydrogens (primary N) is 2. The fourth-order valence-electron chi connectivity index (χ4n) is 3.79. The molecule has 0 aromatic carbocycles. The van der Waals surface area contributed by atoms with E-state index in [1.807, 2.05) is 0 Å².